The van der Waals surface area contributed by atoms with E-state index in [-0.39, 0.29) is 11.2 Å². The number of fused-ring (bicyclic) bond motifs is 1. The summed E-state index contributed by atoms with van der Waals surface area (Å²) in [6.45, 7) is 0. The fourth-order valence-electron chi connectivity index (χ4n) is 3.74. The van der Waals surface area contributed by atoms with Gasteiger partial charge in [0.2, 0.25) is 0 Å². The normalized spacial score (nSPS) is 32.2. The van der Waals surface area contributed by atoms with Crippen molar-refractivity contribution >= 4 is 7.32 Å². The van der Waals surface area contributed by atoms with Crippen LogP contribution in [0.3, 0.4) is 0 Å². The van der Waals surface area contributed by atoms with Crippen LogP contribution < -0.4 is 0 Å². The Morgan fingerprint density at radius 1 is 0.867 bits per heavy atom. The smallest absolute Gasteiger partial charge is 0.389 e. The van der Waals surface area contributed by atoms with E-state index in [1.54, 1.807) is 7.11 Å². The van der Waals surface area contributed by atoms with Crippen LogP contribution >= 0.6 is 0 Å². The molecule has 3 aliphatic rings. The van der Waals surface area contributed by atoms with E-state index in [2.05, 4.69) is 0 Å². The molecule has 15 heavy (non-hydrogen) atoms. The predicted octanol–water partition coefficient (Wildman–Crippen LogP) is 2.29. The highest BCUT2D eigenvalue weighted by Gasteiger charge is 2.63. The second-order valence-electron chi connectivity index (χ2n) is 5.16. The molecule has 1 saturated heterocycles. The standard InChI is InChI=1S/C11H19BO3/c1-13-12-14-10(6-2-3-7-10)11(15-12)8-4-5-9-11/h2-9H2,1H3. The van der Waals surface area contributed by atoms with E-state index in [0.29, 0.717) is 0 Å². The minimum absolute atomic E-state index is 0.00975. The summed E-state index contributed by atoms with van der Waals surface area (Å²) in [5, 5.41) is 0. The molecule has 2 saturated carbocycles. The zero-order valence-corrected chi connectivity index (χ0v) is 9.46. The van der Waals surface area contributed by atoms with Gasteiger partial charge in [-0.2, -0.15) is 0 Å². The number of hydrogen-bond donors (Lipinski definition) is 0. The summed E-state index contributed by atoms with van der Waals surface area (Å²) in [6.07, 6.45) is 9.76. The lowest BCUT2D eigenvalue weighted by atomic mass is 9.80. The van der Waals surface area contributed by atoms with E-state index >= 15 is 0 Å². The zero-order chi connectivity index (χ0) is 10.4. The molecule has 0 aromatic rings. The molecule has 0 radical (unpaired) electrons. The molecule has 0 aromatic carbocycles. The third kappa shape index (κ3) is 1.31. The van der Waals surface area contributed by atoms with Crippen molar-refractivity contribution in [3.05, 3.63) is 0 Å². The molecule has 0 N–H and O–H groups in total. The lowest BCUT2D eigenvalue weighted by molar-refractivity contribution is -0.0400. The van der Waals surface area contributed by atoms with Crippen molar-refractivity contribution in [1.82, 2.24) is 0 Å². The van der Waals surface area contributed by atoms with Gasteiger partial charge in [-0.1, -0.05) is 25.7 Å². The highest BCUT2D eigenvalue weighted by Crippen LogP contribution is 2.55. The summed E-state index contributed by atoms with van der Waals surface area (Å²) in [6, 6.07) is 0. The van der Waals surface area contributed by atoms with Crippen LogP contribution in [-0.2, 0) is 14.0 Å². The van der Waals surface area contributed by atoms with Crippen molar-refractivity contribution in [2.45, 2.75) is 62.6 Å². The van der Waals surface area contributed by atoms with Crippen LogP contribution in [0, 0.1) is 0 Å². The van der Waals surface area contributed by atoms with Crippen LogP contribution in [0.25, 0.3) is 0 Å². The van der Waals surface area contributed by atoms with Gasteiger partial charge in [0.05, 0.1) is 11.2 Å². The maximum absolute atomic E-state index is 6.05. The minimum atomic E-state index is -0.416. The highest BCUT2D eigenvalue weighted by atomic mass is 16.8. The van der Waals surface area contributed by atoms with E-state index in [0.717, 1.165) is 25.7 Å². The Morgan fingerprint density at radius 3 is 1.60 bits per heavy atom. The van der Waals surface area contributed by atoms with Gasteiger partial charge in [-0.3, -0.25) is 0 Å². The fourth-order valence-corrected chi connectivity index (χ4v) is 3.74. The Balaban J connectivity index is 1.90. The van der Waals surface area contributed by atoms with Crippen LogP contribution in [-0.4, -0.2) is 25.6 Å². The SMILES string of the molecule is COB1OC2(CCCC2)C2(CCCC2)O1. The van der Waals surface area contributed by atoms with E-state index in [9.17, 15) is 0 Å². The average molecular weight is 210 g/mol. The van der Waals surface area contributed by atoms with Crippen LogP contribution in [0.15, 0.2) is 0 Å². The molecule has 0 atom stereocenters. The van der Waals surface area contributed by atoms with Gasteiger partial charge in [-0.15, -0.1) is 0 Å². The first-order valence-electron chi connectivity index (χ1n) is 6.19. The molecule has 0 amide bonds. The summed E-state index contributed by atoms with van der Waals surface area (Å²) in [5.74, 6) is 0. The molecule has 3 nitrogen and oxygen atoms in total. The van der Waals surface area contributed by atoms with Gasteiger partial charge in [0.15, 0.2) is 0 Å². The molecule has 4 heteroatoms. The molecule has 0 unspecified atom stereocenters. The molecule has 2 spiro atoms. The number of hydrogen-bond acceptors (Lipinski definition) is 3. The topological polar surface area (TPSA) is 27.7 Å². The molecule has 3 rings (SSSR count). The molecule has 84 valence electrons. The van der Waals surface area contributed by atoms with Gasteiger partial charge < -0.3 is 14.0 Å². The molecule has 1 aliphatic heterocycles. The number of rotatable bonds is 1. The predicted molar refractivity (Wildman–Crippen MR) is 57.3 cm³/mol. The van der Waals surface area contributed by atoms with Crippen molar-refractivity contribution in [2.75, 3.05) is 7.11 Å². The maximum Gasteiger partial charge on any atom is 0.640 e. The van der Waals surface area contributed by atoms with Crippen LogP contribution in [0.2, 0.25) is 0 Å². The summed E-state index contributed by atoms with van der Waals surface area (Å²) >= 11 is 0. The van der Waals surface area contributed by atoms with Gasteiger partial charge in [-0.05, 0) is 25.7 Å². The van der Waals surface area contributed by atoms with Gasteiger partial charge in [-0.25, -0.2) is 0 Å². The Hall–Kier alpha value is -0.0551. The van der Waals surface area contributed by atoms with Crippen LogP contribution in [0.4, 0.5) is 0 Å². The van der Waals surface area contributed by atoms with E-state index in [1.165, 1.54) is 25.7 Å². The van der Waals surface area contributed by atoms with E-state index in [1.807, 2.05) is 0 Å². The fraction of sp³-hybridized carbons (Fsp3) is 1.00. The molecular weight excluding hydrogens is 191 g/mol. The lowest BCUT2D eigenvalue weighted by Gasteiger charge is -2.38. The third-order valence-corrected chi connectivity index (χ3v) is 4.49. The molecule has 0 aromatic heterocycles. The van der Waals surface area contributed by atoms with Gasteiger partial charge >= 0.3 is 7.32 Å². The molecule has 2 aliphatic carbocycles. The monoisotopic (exact) mass is 210 g/mol. The summed E-state index contributed by atoms with van der Waals surface area (Å²) in [7, 11) is 1.25. The first kappa shape index (κ1) is 10.1. The van der Waals surface area contributed by atoms with E-state index in [4.69, 9.17) is 14.0 Å². The summed E-state index contributed by atoms with van der Waals surface area (Å²) in [4.78, 5) is 0. The molecular formula is C11H19BO3. The Labute approximate surface area is 91.6 Å². The Morgan fingerprint density at radius 2 is 1.27 bits per heavy atom. The first-order chi connectivity index (χ1) is 7.30. The van der Waals surface area contributed by atoms with Crippen LogP contribution in [0.1, 0.15) is 51.4 Å². The van der Waals surface area contributed by atoms with Gasteiger partial charge in [0.1, 0.15) is 0 Å². The Bertz CT molecular complexity index is 220. The second-order valence-corrected chi connectivity index (χ2v) is 5.16. The van der Waals surface area contributed by atoms with Crippen LogP contribution in [0.5, 0.6) is 0 Å². The van der Waals surface area contributed by atoms with Crippen molar-refractivity contribution < 1.29 is 14.0 Å². The van der Waals surface area contributed by atoms with E-state index < -0.39 is 7.32 Å². The molecule has 1 heterocycles. The zero-order valence-electron chi connectivity index (χ0n) is 9.46. The molecule has 0 bridgehead atoms. The van der Waals surface area contributed by atoms with Crippen molar-refractivity contribution in [2.24, 2.45) is 0 Å². The highest BCUT2D eigenvalue weighted by molar-refractivity contribution is 6.37. The quantitative estimate of drug-likeness (QED) is 0.621. The largest absolute Gasteiger partial charge is 0.640 e. The van der Waals surface area contributed by atoms with Crippen molar-refractivity contribution in [1.29, 1.82) is 0 Å². The van der Waals surface area contributed by atoms with Crippen molar-refractivity contribution in [3.8, 4) is 0 Å². The first-order valence-corrected chi connectivity index (χ1v) is 6.19. The van der Waals surface area contributed by atoms with Crippen molar-refractivity contribution in [3.63, 3.8) is 0 Å². The average Bonchev–Trinajstić information content (AvgIpc) is 2.92. The van der Waals surface area contributed by atoms with Gasteiger partial charge in [0.25, 0.3) is 0 Å². The lowest BCUT2D eigenvalue weighted by Crippen LogP contribution is -2.47. The maximum atomic E-state index is 6.05. The minimum Gasteiger partial charge on any atom is -0.389 e. The third-order valence-electron chi connectivity index (χ3n) is 4.49. The molecule has 3 fully saturated rings. The van der Waals surface area contributed by atoms with Gasteiger partial charge in [0, 0.05) is 7.11 Å². The summed E-state index contributed by atoms with van der Waals surface area (Å²) < 4.78 is 17.3. The second kappa shape index (κ2) is 3.47. The summed E-state index contributed by atoms with van der Waals surface area (Å²) in [5.41, 5.74) is -0.0195. The Kier molecular flexibility index (Phi) is 2.34.